The van der Waals surface area contributed by atoms with Gasteiger partial charge < -0.3 is 21.9 Å². The number of fused-ring (bicyclic) bond motifs is 2. The quantitative estimate of drug-likeness (QED) is 0.0551. The fourth-order valence-electron chi connectivity index (χ4n) is 5.30. The minimum Gasteiger partial charge on any atom is -1.00 e. The SMILES string of the molecule is O=C(C/C(=N\NC(=O)C[n+]1ccccc1)C(=O)Nc1nc2ccc([N+](=O)[O-])cc2s1)CC(c1ccccc1)c1c(O)c2ccccc2oc1=O.[Cl-]. The van der Waals surface area contributed by atoms with Crippen molar-refractivity contribution in [3.63, 3.8) is 0 Å². The summed E-state index contributed by atoms with van der Waals surface area (Å²) in [6.45, 7) is -0.128. The molecule has 0 bridgehead atoms. The van der Waals surface area contributed by atoms with Crippen LogP contribution in [0, 0.1) is 10.1 Å². The molecule has 16 heteroatoms. The molecule has 51 heavy (non-hydrogen) atoms. The number of hydrogen-bond donors (Lipinski definition) is 3. The summed E-state index contributed by atoms with van der Waals surface area (Å²) in [4.78, 5) is 68.2. The van der Waals surface area contributed by atoms with Crippen LogP contribution in [0.1, 0.15) is 29.9 Å². The molecule has 0 saturated heterocycles. The number of benzene rings is 3. The number of thiazole rings is 1. The highest BCUT2D eigenvalue weighted by Crippen LogP contribution is 2.36. The first-order valence-electron chi connectivity index (χ1n) is 15.1. The predicted octanol–water partition coefficient (Wildman–Crippen LogP) is 1.60. The van der Waals surface area contributed by atoms with Gasteiger partial charge in [0, 0.05) is 36.6 Å². The summed E-state index contributed by atoms with van der Waals surface area (Å²) in [5.74, 6) is -3.27. The predicted molar refractivity (Wildman–Crippen MR) is 184 cm³/mol. The van der Waals surface area contributed by atoms with Crippen molar-refractivity contribution in [3.05, 3.63) is 135 Å². The molecule has 3 N–H and O–H groups in total. The number of nitrogens with one attached hydrogen (secondary N) is 2. The standard InChI is InChI=1S/C35H26N6O8S.ClH/c42-23(18-25(21-9-3-1-4-10-21)31-32(44)24-11-5-6-12-28(24)49-34(31)46)19-27(38-39-30(43)20-40-15-7-2-8-16-40)33(45)37-35-36-26-14-13-22(41(47)48)17-29(26)50-35;/h1-17,25H,18-20H2,(H2-,36,37,39,43,44,45,46);1H. The van der Waals surface area contributed by atoms with Crippen molar-refractivity contribution in [1.29, 1.82) is 0 Å². The minimum atomic E-state index is -0.960. The van der Waals surface area contributed by atoms with E-state index in [2.05, 4.69) is 20.8 Å². The first kappa shape index (κ1) is 36.0. The number of hydrazone groups is 1. The van der Waals surface area contributed by atoms with Crippen LogP contribution < -0.4 is 33.3 Å². The van der Waals surface area contributed by atoms with E-state index in [-0.39, 0.29) is 64.2 Å². The number of hydrogen-bond acceptors (Lipinski definition) is 11. The Labute approximate surface area is 298 Å². The maximum absolute atomic E-state index is 13.8. The van der Waals surface area contributed by atoms with E-state index in [1.807, 2.05) is 0 Å². The summed E-state index contributed by atoms with van der Waals surface area (Å²) in [7, 11) is 0. The second-order valence-corrected chi connectivity index (χ2v) is 12.1. The lowest BCUT2D eigenvalue weighted by molar-refractivity contribution is -0.684. The van der Waals surface area contributed by atoms with Crippen molar-refractivity contribution in [2.24, 2.45) is 5.10 Å². The van der Waals surface area contributed by atoms with E-state index in [4.69, 9.17) is 4.42 Å². The number of non-ortho nitro benzene ring substituents is 1. The van der Waals surface area contributed by atoms with Crippen molar-refractivity contribution in [3.8, 4) is 5.75 Å². The van der Waals surface area contributed by atoms with E-state index >= 15 is 0 Å². The summed E-state index contributed by atoms with van der Waals surface area (Å²) in [5.41, 5.74) is 1.98. The van der Waals surface area contributed by atoms with Gasteiger partial charge in [0.05, 0.1) is 32.5 Å². The van der Waals surface area contributed by atoms with Crippen LogP contribution in [0.5, 0.6) is 5.75 Å². The third-order valence-corrected chi connectivity index (χ3v) is 8.58. The van der Waals surface area contributed by atoms with Gasteiger partial charge in [-0.15, -0.1) is 0 Å². The summed E-state index contributed by atoms with van der Waals surface area (Å²) < 4.78 is 7.52. The van der Waals surface area contributed by atoms with Crippen LogP contribution in [-0.4, -0.2) is 38.3 Å². The molecule has 0 aliphatic heterocycles. The maximum atomic E-state index is 13.8. The Morgan fingerprint density at radius 3 is 2.45 bits per heavy atom. The van der Waals surface area contributed by atoms with E-state index in [9.17, 15) is 34.4 Å². The van der Waals surface area contributed by atoms with Crippen molar-refractivity contribution in [1.82, 2.24) is 10.4 Å². The van der Waals surface area contributed by atoms with Gasteiger partial charge in [-0.3, -0.25) is 29.8 Å². The molecule has 0 aliphatic rings. The first-order chi connectivity index (χ1) is 24.2. The molecule has 258 valence electrons. The lowest BCUT2D eigenvalue weighted by Gasteiger charge is -2.18. The van der Waals surface area contributed by atoms with Gasteiger partial charge in [0.15, 0.2) is 17.5 Å². The molecule has 0 aliphatic carbocycles. The molecule has 3 aromatic heterocycles. The highest BCUT2D eigenvalue weighted by atomic mass is 35.5. The highest BCUT2D eigenvalue weighted by Gasteiger charge is 2.29. The number of nitrogens with zero attached hydrogens (tertiary/aromatic N) is 4. The Morgan fingerprint density at radius 1 is 1.00 bits per heavy atom. The van der Waals surface area contributed by atoms with Crippen LogP contribution in [0.25, 0.3) is 21.2 Å². The highest BCUT2D eigenvalue weighted by molar-refractivity contribution is 7.22. The second-order valence-electron chi connectivity index (χ2n) is 11.1. The van der Waals surface area contributed by atoms with Crippen molar-refractivity contribution in [2.45, 2.75) is 25.3 Å². The van der Waals surface area contributed by atoms with Crippen LogP contribution in [0.3, 0.4) is 0 Å². The Morgan fingerprint density at radius 2 is 1.71 bits per heavy atom. The number of carbonyl (C=O) groups is 3. The van der Waals surface area contributed by atoms with Crippen LogP contribution in [0.15, 0.2) is 118 Å². The van der Waals surface area contributed by atoms with Crippen LogP contribution in [0.4, 0.5) is 10.8 Å². The van der Waals surface area contributed by atoms with E-state index < -0.39 is 40.5 Å². The zero-order valence-corrected chi connectivity index (χ0v) is 28.0. The summed E-state index contributed by atoms with van der Waals surface area (Å²) in [6.07, 6.45) is 2.41. The largest absolute Gasteiger partial charge is 1.00 e. The number of aromatic nitrogens is 2. The minimum absolute atomic E-state index is 0. The van der Waals surface area contributed by atoms with Crippen LogP contribution in [-0.2, 0) is 20.9 Å². The van der Waals surface area contributed by atoms with Crippen molar-refractivity contribution >= 4 is 66.7 Å². The maximum Gasteiger partial charge on any atom is 0.343 e. The van der Waals surface area contributed by atoms with Crippen molar-refractivity contribution in [2.75, 3.05) is 5.32 Å². The Kier molecular flexibility index (Phi) is 11.2. The lowest BCUT2D eigenvalue weighted by atomic mass is 9.86. The number of nitro groups is 1. The molecule has 6 aromatic rings. The van der Waals surface area contributed by atoms with Gasteiger partial charge in [-0.1, -0.05) is 59.9 Å². The number of para-hydroxylation sites is 1. The molecule has 14 nitrogen and oxygen atoms in total. The molecule has 1 atom stereocenters. The zero-order valence-electron chi connectivity index (χ0n) is 26.4. The molecule has 1 unspecified atom stereocenters. The normalized spacial score (nSPS) is 11.8. The third kappa shape index (κ3) is 8.46. The average Bonchev–Trinajstić information content (AvgIpc) is 3.52. The topological polar surface area (TPSA) is 198 Å². The molecule has 0 radical (unpaired) electrons. The van der Waals surface area contributed by atoms with E-state index in [1.54, 1.807) is 89.8 Å². The number of aromatic hydroxyl groups is 1. The fraction of sp³-hybridized carbons (Fsp3) is 0.114. The summed E-state index contributed by atoms with van der Waals surface area (Å²) in [5, 5.41) is 29.4. The van der Waals surface area contributed by atoms with Gasteiger partial charge in [0.25, 0.3) is 11.6 Å². The van der Waals surface area contributed by atoms with Crippen molar-refractivity contribution < 1.29 is 45.8 Å². The molecular weight excluding hydrogens is 700 g/mol. The number of amides is 2. The van der Waals surface area contributed by atoms with Crippen LogP contribution >= 0.6 is 11.3 Å². The van der Waals surface area contributed by atoms with E-state index in [1.165, 1.54) is 18.2 Å². The van der Waals surface area contributed by atoms with Gasteiger partial charge in [-0.05, 0) is 23.8 Å². The number of anilines is 1. The number of rotatable bonds is 12. The van der Waals surface area contributed by atoms with Gasteiger partial charge in [0.1, 0.15) is 22.8 Å². The molecule has 0 spiro atoms. The Balaban J connectivity index is 0.00000504. The summed E-state index contributed by atoms with van der Waals surface area (Å²) in [6, 6.07) is 24.4. The smallest absolute Gasteiger partial charge is 0.343 e. The Bertz CT molecular complexity index is 2350. The van der Waals surface area contributed by atoms with Gasteiger partial charge >= 0.3 is 11.5 Å². The number of Topliss-reactive ketones (excluding diaryl/α,β-unsaturated/α-hetero) is 1. The number of pyridine rings is 1. The third-order valence-electron chi connectivity index (χ3n) is 7.65. The molecule has 3 heterocycles. The average molecular weight is 727 g/mol. The first-order valence-corrected chi connectivity index (χ1v) is 15.9. The fourth-order valence-corrected chi connectivity index (χ4v) is 6.20. The molecule has 6 rings (SSSR count). The summed E-state index contributed by atoms with van der Waals surface area (Å²) >= 11 is 0.978. The molecule has 0 saturated carbocycles. The second kappa shape index (κ2) is 15.9. The Hall–Kier alpha value is -6.32. The van der Waals surface area contributed by atoms with Gasteiger partial charge in [-0.25, -0.2) is 15.2 Å². The molecule has 3 aromatic carbocycles. The van der Waals surface area contributed by atoms with E-state index in [0.29, 0.717) is 15.8 Å². The molecular formula is C35H27ClN6O8S. The van der Waals surface area contributed by atoms with Gasteiger partial charge in [0.2, 0.25) is 6.54 Å². The van der Waals surface area contributed by atoms with E-state index in [0.717, 1.165) is 11.3 Å². The number of nitro benzene ring substituents is 1. The molecule has 2 amide bonds. The number of halogens is 1. The molecule has 0 fully saturated rings. The monoisotopic (exact) mass is 726 g/mol. The number of ketones is 1. The lowest BCUT2D eigenvalue weighted by Crippen LogP contribution is -3.00. The van der Waals surface area contributed by atoms with Gasteiger partial charge in [-0.2, -0.15) is 9.67 Å². The zero-order chi connectivity index (χ0) is 35.2. The van der Waals surface area contributed by atoms with Crippen LogP contribution in [0.2, 0.25) is 0 Å². The number of carbonyl (C=O) groups excluding carboxylic acids is 3.